The maximum atomic E-state index is 10.4. The molecule has 0 aromatic rings. The molecule has 0 aromatic carbocycles. The molecule has 0 fully saturated rings. The van der Waals surface area contributed by atoms with E-state index < -0.39 is 0 Å². The normalized spacial score (nSPS) is 20.8. The minimum absolute atomic E-state index is 0.0671. The third-order valence-electron chi connectivity index (χ3n) is 0.962. The van der Waals surface area contributed by atoms with E-state index >= 15 is 0 Å². The highest BCUT2D eigenvalue weighted by Gasteiger charge is 1.98. The fourth-order valence-corrected chi connectivity index (χ4v) is 0.574. The molecule has 1 aliphatic rings. The van der Waals surface area contributed by atoms with E-state index in [9.17, 15) is 4.79 Å². The van der Waals surface area contributed by atoms with Crippen LogP contribution in [-0.4, -0.2) is 25.2 Å². The van der Waals surface area contributed by atoms with E-state index in [2.05, 4.69) is 10.3 Å². The number of aliphatic imine (C=N–C) groups is 1. The van der Waals surface area contributed by atoms with E-state index in [-0.39, 0.29) is 5.91 Å². The number of nitrogens with zero attached hydrogens (tertiary/aromatic N) is 1. The summed E-state index contributed by atoms with van der Waals surface area (Å²) in [5.41, 5.74) is 0. The molecule has 0 radical (unpaired) electrons. The fraction of sp³-hybridized carbons (Fsp3) is 0.600. The van der Waals surface area contributed by atoms with Gasteiger partial charge in [-0.25, -0.2) is 4.99 Å². The molecular formula is C5H8N2O. The zero-order valence-electron chi connectivity index (χ0n) is 4.55. The van der Waals surface area contributed by atoms with Gasteiger partial charge in [-0.15, -0.1) is 0 Å². The molecule has 0 atom stereocenters. The third-order valence-corrected chi connectivity index (χ3v) is 0.962. The molecule has 44 valence electrons. The van der Waals surface area contributed by atoms with Crippen LogP contribution in [-0.2, 0) is 4.79 Å². The second-order valence-corrected chi connectivity index (χ2v) is 1.67. The van der Waals surface area contributed by atoms with Gasteiger partial charge in [0.2, 0.25) is 0 Å². The van der Waals surface area contributed by atoms with Crippen molar-refractivity contribution in [3.05, 3.63) is 0 Å². The Morgan fingerprint density at radius 1 is 1.75 bits per heavy atom. The summed E-state index contributed by atoms with van der Waals surface area (Å²) in [4.78, 5) is 14.0. The molecule has 0 spiro atoms. The second-order valence-electron chi connectivity index (χ2n) is 1.67. The lowest BCUT2D eigenvalue weighted by Crippen LogP contribution is -2.19. The number of carbonyl (C=O) groups excluding carboxylic acids is 1. The number of carbonyl (C=O) groups is 1. The van der Waals surface area contributed by atoms with Gasteiger partial charge in [0, 0.05) is 12.8 Å². The van der Waals surface area contributed by atoms with Crippen LogP contribution in [0.25, 0.3) is 0 Å². The molecule has 0 saturated carbocycles. The van der Waals surface area contributed by atoms with Crippen molar-refractivity contribution < 1.29 is 4.79 Å². The van der Waals surface area contributed by atoms with Gasteiger partial charge in [0.1, 0.15) is 0 Å². The Kier molecular flexibility index (Phi) is 1.75. The van der Waals surface area contributed by atoms with Gasteiger partial charge in [-0.1, -0.05) is 0 Å². The monoisotopic (exact) mass is 112 g/mol. The molecule has 3 heteroatoms. The summed E-state index contributed by atoms with van der Waals surface area (Å²) < 4.78 is 0. The standard InChI is InChI=1S/C5H8N2O/c8-5-4-6-2-1-3-7-5/h3,6H,1-2,4H2. The first kappa shape index (κ1) is 5.44. The van der Waals surface area contributed by atoms with E-state index in [1.54, 1.807) is 6.21 Å². The molecule has 0 bridgehead atoms. The summed E-state index contributed by atoms with van der Waals surface area (Å²) in [5.74, 6) is -0.0671. The average Bonchev–Trinajstić information content (AvgIpc) is 1.94. The van der Waals surface area contributed by atoms with Gasteiger partial charge in [0.05, 0.1) is 6.54 Å². The molecular weight excluding hydrogens is 104 g/mol. The second kappa shape index (κ2) is 2.57. The predicted molar refractivity (Wildman–Crippen MR) is 31.0 cm³/mol. The molecule has 3 nitrogen and oxygen atoms in total. The van der Waals surface area contributed by atoms with E-state index in [0.717, 1.165) is 13.0 Å². The maximum absolute atomic E-state index is 10.4. The SMILES string of the molecule is O=C1CNCCC=N1. The zero-order valence-corrected chi connectivity index (χ0v) is 4.55. The van der Waals surface area contributed by atoms with Crippen LogP contribution in [0.1, 0.15) is 6.42 Å². The van der Waals surface area contributed by atoms with E-state index in [1.165, 1.54) is 0 Å². The molecule has 0 aromatic heterocycles. The molecule has 0 saturated heterocycles. The van der Waals surface area contributed by atoms with Crippen LogP contribution in [0.3, 0.4) is 0 Å². The Hall–Kier alpha value is -0.700. The molecule has 1 N–H and O–H groups in total. The minimum Gasteiger partial charge on any atom is -0.308 e. The molecule has 1 aliphatic heterocycles. The van der Waals surface area contributed by atoms with Crippen LogP contribution < -0.4 is 5.32 Å². The smallest absolute Gasteiger partial charge is 0.259 e. The van der Waals surface area contributed by atoms with Crippen LogP contribution in [0.4, 0.5) is 0 Å². The van der Waals surface area contributed by atoms with Gasteiger partial charge in [-0.3, -0.25) is 4.79 Å². The van der Waals surface area contributed by atoms with Gasteiger partial charge in [-0.2, -0.15) is 0 Å². The highest BCUT2D eigenvalue weighted by atomic mass is 16.1. The Morgan fingerprint density at radius 3 is 3.50 bits per heavy atom. The lowest BCUT2D eigenvalue weighted by atomic mass is 10.5. The van der Waals surface area contributed by atoms with E-state index in [1.807, 2.05) is 0 Å². The minimum atomic E-state index is -0.0671. The largest absolute Gasteiger partial charge is 0.308 e. The van der Waals surface area contributed by atoms with Crippen molar-refractivity contribution in [1.29, 1.82) is 0 Å². The van der Waals surface area contributed by atoms with Gasteiger partial charge < -0.3 is 5.32 Å². The van der Waals surface area contributed by atoms with Gasteiger partial charge >= 0.3 is 0 Å². The van der Waals surface area contributed by atoms with E-state index in [4.69, 9.17) is 0 Å². The summed E-state index contributed by atoms with van der Waals surface area (Å²) in [6, 6.07) is 0. The van der Waals surface area contributed by atoms with Crippen LogP contribution in [0.2, 0.25) is 0 Å². The summed E-state index contributed by atoms with van der Waals surface area (Å²) in [5, 5.41) is 2.92. The quantitative estimate of drug-likeness (QED) is 0.462. The highest BCUT2D eigenvalue weighted by molar-refractivity contribution is 5.87. The maximum Gasteiger partial charge on any atom is 0.259 e. The van der Waals surface area contributed by atoms with Crippen molar-refractivity contribution in [1.82, 2.24) is 5.32 Å². The average molecular weight is 112 g/mol. The summed E-state index contributed by atoms with van der Waals surface area (Å²) in [7, 11) is 0. The Labute approximate surface area is 47.8 Å². The fourth-order valence-electron chi connectivity index (χ4n) is 0.574. The molecule has 1 rings (SSSR count). The lowest BCUT2D eigenvalue weighted by Gasteiger charge is -1.90. The van der Waals surface area contributed by atoms with Crippen molar-refractivity contribution in [3.8, 4) is 0 Å². The topological polar surface area (TPSA) is 41.5 Å². The number of hydrogen-bond acceptors (Lipinski definition) is 2. The Balaban J connectivity index is 2.44. The highest BCUT2D eigenvalue weighted by Crippen LogP contribution is 1.80. The van der Waals surface area contributed by atoms with E-state index in [0.29, 0.717) is 6.54 Å². The van der Waals surface area contributed by atoms with Crippen LogP contribution >= 0.6 is 0 Å². The molecule has 1 amide bonds. The van der Waals surface area contributed by atoms with Gasteiger partial charge in [0.15, 0.2) is 0 Å². The molecule has 0 aliphatic carbocycles. The van der Waals surface area contributed by atoms with Crippen molar-refractivity contribution in [2.24, 2.45) is 4.99 Å². The number of amides is 1. The molecule has 8 heavy (non-hydrogen) atoms. The Bertz CT molecular complexity index is 120. The van der Waals surface area contributed by atoms with Gasteiger partial charge in [-0.05, 0) is 6.42 Å². The van der Waals surface area contributed by atoms with Crippen LogP contribution in [0, 0.1) is 0 Å². The van der Waals surface area contributed by atoms with Crippen molar-refractivity contribution in [2.45, 2.75) is 6.42 Å². The van der Waals surface area contributed by atoms with Crippen molar-refractivity contribution in [3.63, 3.8) is 0 Å². The summed E-state index contributed by atoms with van der Waals surface area (Å²) in [6.45, 7) is 1.27. The number of nitrogens with one attached hydrogen (secondary N) is 1. The van der Waals surface area contributed by atoms with Crippen molar-refractivity contribution >= 4 is 12.1 Å². The third kappa shape index (κ3) is 1.42. The predicted octanol–water partition coefficient (Wildman–Crippen LogP) is -0.423. The first-order valence-electron chi connectivity index (χ1n) is 2.65. The first-order chi connectivity index (χ1) is 3.89. The van der Waals surface area contributed by atoms with Crippen LogP contribution in [0.5, 0.6) is 0 Å². The molecule has 1 heterocycles. The molecule has 0 unspecified atom stereocenters. The number of rotatable bonds is 0. The van der Waals surface area contributed by atoms with Crippen molar-refractivity contribution in [2.75, 3.05) is 13.1 Å². The summed E-state index contributed by atoms with van der Waals surface area (Å²) >= 11 is 0. The first-order valence-corrected chi connectivity index (χ1v) is 2.65. The summed E-state index contributed by atoms with van der Waals surface area (Å²) in [6.07, 6.45) is 2.52. The van der Waals surface area contributed by atoms with Crippen LogP contribution in [0.15, 0.2) is 4.99 Å². The lowest BCUT2D eigenvalue weighted by molar-refractivity contribution is -0.116. The Morgan fingerprint density at radius 2 is 2.62 bits per heavy atom. The van der Waals surface area contributed by atoms with Gasteiger partial charge in [0.25, 0.3) is 5.91 Å². The number of hydrogen-bond donors (Lipinski definition) is 1. The zero-order chi connectivity index (χ0) is 5.82.